The Morgan fingerprint density at radius 1 is 1.09 bits per heavy atom. The van der Waals surface area contributed by atoms with Gasteiger partial charge in [0.1, 0.15) is 6.04 Å². The van der Waals surface area contributed by atoms with Crippen molar-refractivity contribution in [3.63, 3.8) is 0 Å². The van der Waals surface area contributed by atoms with Crippen molar-refractivity contribution >= 4 is 23.7 Å². The van der Waals surface area contributed by atoms with Crippen LogP contribution in [-0.2, 0) is 14.4 Å². The van der Waals surface area contributed by atoms with E-state index in [0.717, 1.165) is 0 Å². The third-order valence-electron chi connectivity index (χ3n) is 4.24. The summed E-state index contributed by atoms with van der Waals surface area (Å²) in [4.78, 5) is 54.4. The molecule has 2 aliphatic heterocycles. The first-order valence-corrected chi connectivity index (χ1v) is 7.12. The van der Waals surface area contributed by atoms with Gasteiger partial charge in [-0.2, -0.15) is 0 Å². The highest BCUT2D eigenvalue weighted by atomic mass is 16.7. The van der Waals surface area contributed by atoms with Crippen LogP contribution in [0.2, 0.25) is 0 Å². The largest absolute Gasteiger partial charge is 0.368 e. The lowest BCUT2D eigenvalue weighted by Gasteiger charge is -2.23. The maximum absolute atomic E-state index is 12.3. The molecular weight excluding hydrogens is 302 g/mol. The Labute approximate surface area is 131 Å². The maximum atomic E-state index is 12.3. The number of imide groups is 1. The fourth-order valence-electron chi connectivity index (χ4n) is 2.97. The predicted molar refractivity (Wildman–Crippen MR) is 76.8 cm³/mol. The minimum atomic E-state index is -0.759. The average molecular weight is 317 g/mol. The highest BCUT2D eigenvalue weighted by Crippen LogP contribution is 2.26. The van der Waals surface area contributed by atoms with E-state index < -0.39 is 35.8 Å². The van der Waals surface area contributed by atoms with Gasteiger partial charge in [-0.1, -0.05) is 17.2 Å². The Bertz CT molecular complexity index is 682. The van der Waals surface area contributed by atoms with Gasteiger partial charge in [-0.15, -0.1) is 0 Å². The Morgan fingerprint density at radius 2 is 1.61 bits per heavy atom. The summed E-state index contributed by atoms with van der Waals surface area (Å²) in [5.74, 6) is -2.63. The van der Waals surface area contributed by atoms with Gasteiger partial charge in [-0.05, 0) is 32.0 Å². The Balaban J connectivity index is 1.74. The maximum Gasteiger partial charge on any atom is 0.350 e. The number of nitrogens with zero attached hydrogens (tertiary/aromatic N) is 2. The van der Waals surface area contributed by atoms with Gasteiger partial charge in [0.15, 0.2) is 0 Å². The van der Waals surface area contributed by atoms with Crippen LogP contribution in [0.5, 0.6) is 0 Å². The lowest BCUT2D eigenvalue weighted by molar-refractivity contribution is -0.174. The summed E-state index contributed by atoms with van der Waals surface area (Å²) in [7, 11) is 1.58. The minimum absolute atomic E-state index is 0.195. The summed E-state index contributed by atoms with van der Waals surface area (Å²) in [6, 6.07) is 4.95. The zero-order valence-corrected chi connectivity index (χ0v) is 12.4. The highest BCUT2D eigenvalue weighted by molar-refractivity contribution is 6.20. The van der Waals surface area contributed by atoms with E-state index in [1.807, 2.05) is 0 Å². The number of hydroxylamine groups is 2. The Morgan fingerprint density at radius 3 is 2.09 bits per heavy atom. The molecule has 120 valence electrons. The minimum Gasteiger partial charge on any atom is -0.368 e. The first kappa shape index (κ1) is 15.2. The lowest BCUT2D eigenvalue weighted by atomic mass is 10.1. The molecule has 0 aliphatic carbocycles. The van der Waals surface area contributed by atoms with Gasteiger partial charge in [0.2, 0.25) is 5.91 Å². The number of likely N-dealkylation sites (N-methyl/N-ethyl adjacent to an activating group) is 1. The smallest absolute Gasteiger partial charge is 0.350 e. The molecule has 2 heterocycles. The number of rotatable bonds is 3. The number of hydrogen-bond donors (Lipinski definition) is 1. The number of primary amides is 1. The SMILES string of the molecule is CN1[C@@H](C(N)=O)CC[C@H]1C(=O)ON1C(=O)c2ccccc2C1=O. The molecule has 3 rings (SSSR count). The van der Waals surface area contributed by atoms with E-state index in [1.54, 1.807) is 19.2 Å². The molecule has 0 radical (unpaired) electrons. The van der Waals surface area contributed by atoms with Gasteiger partial charge in [0.25, 0.3) is 11.8 Å². The number of nitrogens with two attached hydrogens (primary N) is 1. The molecule has 8 nitrogen and oxygen atoms in total. The van der Waals surface area contributed by atoms with E-state index in [0.29, 0.717) is 17.9 Å². The predicted octanol–water partition coefficient (Wildman–Crippen LogP) is -0.311. The molecule has 0 bridgehead atoms. The second kappa shape index (κ2) is 5.47. The molecule has 3 amide bonds. The zero-order valence-electron chi connectivity index (χ0n) is 12.4. The molecule has 1 fully saturated rings. The first-order valence-electron chi connectivity index (χ1n) is 7.12. The van der Waals surface area contributed by atoms with Gasteiger partial charge in [-0.25, -0.2) is 4.79 Å². The molecule has 2 atom stereocenters. The van der Waals surface area contributed by atoms with Gasteiger partial charge in [-0.3, -0.25) is 19.3 Å². The van der Waals surface area contributed by atoms with Crippen LogP contribution in [-0.4, -0.2) is 52.8 Å². The summed E-state index contributed by atoms with van der Waals surface area (Å²) in [6.07, 6.45) is 0.791. The van der Waals surface area contributed by atoms with E-state index in [4.69, 9.17) is 10.6 Å². The van der Waals surface area contributed by atoms with E-state index >= 15 is 0 Å². The van der Waals surface area contributed by atoms with Crippen LogP contribution in [0.4, 0.5) is 0 Å². The van der Waals surface area contributed by atoms with Crippen molar-refractivity contribution in [1.29, 1.82) is 0 Å². The van der Waals surface area contributed by atoms with Crippen LogP contribution in [0.15, 0.2) is 24.3 Å². The number of carbonyl (C=O) groups is 4. The van der Waals surface area contributed by atoms with Gasteiger partial charge >= 0.3 is 5.97 Å². The summed E-state index contributed by atoms with van der Waals surface area (Å²) in [6.45, 7) is 0. The van der Waals surface area contributed by atoms with E-state index in [9.17, 15) is 19.2 Å². The topological polar surface area (TPSA) is 110 Å². The fraction of sp³-hybridized carbons (Fsp3) is 0.333. The normalized spacial score (nSPS) is 24.0. The molecule has 0 aromatic heterocycles. The molecule has 0 spiro atoms. The second-order valence-corrected chi connectivity index (χ2v) is 5.54. The highest BCUT2D eigenvalue weighted by Gasteiger charge is 2.43. The number of carbonyl (C=O) groups excluding carboxylic acids is 4. The third-order valence-corrected chi connectivity index (χ3v) is 4.24. The monoisotopic (exact) mass is 317 g/mol. The molecule has 2 aliphatic rings. The fourth-order valence-corrected chi connectivity index (χ4v) is 2.97. The van der Waals surface area contributed by atoms with Crippen LogP contribution in [0.3, 0.4) is 0 Å². The summed E-state index contributed by atoms with van der Waals surface area (Å²) >= 11 is 0. The van der Waals surface area contributed by atoms with Crippen LogP contribution in [0, 0.1) is 0 Å². The number of likely N-dealkylation sites (tertiary alicyclic amines) is 1. The molecule has 1 aromatic rings. The molecule has 0 unspecified atom stereocenters. The third kappa shape index (κ3) is 2.36. The Hall–Kier alpha value is -2.74. The lowest BCUT2D eigenvalue weighted by Crippen LogP contribution is -2.46. The van der Waals surface area contributed by atoms with Crippen molar-refractivity contribution in [2.45, 2.75) is 24.9 Å². The summed E-state index contributed by atoms with van der Waals surface area (Å²) in [5, 5.41) is 0.471. The zero-order chi connectivity index (χ0) is 16.7. The van der Waals surface area contributed by atoms with Crippen molar-refractivity contribution < 1.29 is 24.0 Å². The number of amides is 3. The quantitative estimate of drug-likeness (QED) is 0.766. The molecular formula is C15H15N3O5. The molecule has 1 saturated heterocycles. The number of hydrogen-bond acceptors (Lipinski definition) is 6. The molecule has 2 N–H and O–H groups in total. The molecule has 23 heavy (non-hydrogen) atoms. The second-order valence-electron chi connectivity index (χ2n) is 5.54. The van der Waals surface area contributed by atoms with Crippen LogP contribution in [0.1, 0.15) is 33.6 Å². The number of benzene rings is 1. The van der Waals surface area contributed by atoms with Crippen LogP contribution in [0.25, 0.3) is 0 Å². The summed E-state index contributed by atoms with van der Waals surface area (Å²) < 4.78 is 0. The van der Waals surface area contributed by atoms with Crippen molar-refractivity contribution in [3.8, 4) is 0 Å². The van der Waals surface area contributed by atoms with Crippen LogP contribution >= 0.6 is 0 Å². The van der Waals surface area contributed by atoms with E-state index in [-0.39, 0.29) is 11.1 Å². The summed E-state index contributed by atoms with van der Waals surface area (Å²) in [5.41, 5.74) is 5.65. The molecule has 0 saturated carbocycles. The van der Waals surface area contributed by atoms with Crippen molar-refractivity contribution in [2.75, 3.05) is 7.05 Å². The van der Waals surface area contributed by atoms with Crippen molar-refractivity contribution in [1.82, 2.24) is 9.96 Å². The van der Waals surface area contributed by atoms with Crippen molar-refractivity contribution in [2.24, 2.45) is 5.73 Å². The Kier molecular flexibility index (Phi) is 3.61. The first-order chi connectivity index (χ1) is 10.9. The van der Waals surface area contributed by atoms with E-state index in [2.05, 4.69) is 0 Å². The molecule has 8 heteroatoms. The average Bonchev–Trinajstić information content (AvgIpc) is 3.02. The van der Waals surface area contributed by atoms with Crippen LogP contribution < -0.4 is 5.73 Å². The van der Waals surface area contributed by atoms with Gasteiger partial charge in [0, 0.05) is 0 Å². The van der Waals surface area contributed by atoms with E-state index in [1.165, 1.54) is 17.0 Å². The van der Waals surface area contributed by atoms with Gasteiger partial charge in [0.05, 0.1) is 17.2 Å². The van der Waals surface area contributed by atoms with Crippen molar-refractivity contribution in [3.05, 3.63) is 35.4 Å². The standard InChI is InChI=1S/C15H15N3O5/c1-17-10(12(16)19)6-7-11(17)15(22)23-18-13(20)8-4-2-3-5-9(8)14(18)21/h2-5,10-11H,6-7H2,1H3,(H2,16,19)/t10-,11+/m1/s1. The van der Waals surface area contributed by atoms with Gasteiger partial charge < -0.3 is 10.6 Å². The molecule has 1 aromatic carbocycles. The number of fused-ring (bicyclic) bond motifs is 1.